The van der Waals surface area contributed by atoms with Gasteiger partial charge in [-0.2, -0.15) is 13.8 Å². The Bertz CT molecular complexity index is 10.1. The summed E-state index contributed by atoms with van der Waals surface area (Å²) in [4.78, 5) is 0. The number of hydrogen-bond acceptors (Lipinski definition) is 3. The van der Waals surface area contributed by atoms with Crippen LogP contribution in [0.3, 0.4) is 0 Å². The van der Waals surface area contributed by atoms with E-state index in [1.54, 1.807) is 0 Å². The molecule has 0 aliphatic heterocycles. The summed E-state index contributed by atoms with van der Waals surface area (Å²) in [5.41, 5.74) is 0. The van der Waals surface area contributed by atoms with E-state index >= 15 is 0 Å². The van der Waals surface area contributed by atoms with Gasteiger partial charge in [0.2, 0.25) is 0 Å². The zero-order chi connectivity index (χ0) is 2.71. The van der Waals surface area contributed by atoms with E-state index in [2.05, 4.69) is 0 Å². The maximum absolute atomic E-state index is 2.00. The maximum Gasteiger partial charge on any atom is 4.00 e. The van der Waals surface area contributed by atoms with Crippen molar-refractivity contribution in [3.63, 3.8) is 0 Å². The van der Waals surface area contributed by atoms with E-state index < -0.39 is 0 Å². The van der Waals surface area contributed by atoms with Crippen molar-refractivity contribution in [3.05, 3.63) is 6.42 Å². The molecule has 0 spiro atoms. The number of hydrogen-bond donors (Lipinski definition) is 0. The molecule has 0 rings (SSSR count). The van der Waals surface area contributed by atoms with Crippen LogP contribution in [0.5, 0.6) is 0 Å². The van der Waals surface area contributed by atoms with Gasteiger partial charge in [0.25, 0.3) is 0 Å². The summed E-state index contributed by atoms with van der Waals surface area (Å²) in [7, 11) is 0. The summed E-state index contributed by atoms with van der Waals surface area (Å²) < 4.78 is 0. The molecule has 0 aromatic rings. The molecule has 4 heteroatoms. The summed E-state index contributed by atoms with van der Waals surface area (Å²) in [6.45, 7) is 4.00. The minimum absolute atomic E-state index is 0. The molecule has 44 valence electrons. The molecule has 3 nitrogen and oxygen atoms in total. The maximum atomic E-state index is 2.00. The summed E-state index contributed by atoms with van der Waals surface area (Å²) >= 11 is 0. The SMILES string of the molecule is C[CH-]C.[OH-].[OH-].[OH-].[Ti+4]. The molecule has 0 atom stereocenters. The third-order valence-electron chi connectivity index (χ3n) is 0. The van der Waals surface area contributed by atoms with Crippen molar-refractivity contribution >= 4 is 0 Å². The predicted octanol–water partition coefficient (Wildman–Crippen LogP) is 0.698. The van der Waals surface area contributed by atoms with Crippen LogP contribution in [-0.2, 0) is 21.7 Å². The van der Waals surface area contributed by atoms with Gasteiger partial charge in [-0.3, -0.25) is 0 Å². The summed E-state index contributed by atoms with van der Waals surface area (Å²) in [5, 5.41) is 0. The Morgan fingerprint density at radius 2 is 0.857 bits per heavy atom. The predicted molar refractivity (Wildman–Crippen MR) is 21.5 cm³/mol. The smallest absolute Gasteiger partial charge is 0.870 e. The van der Waals surface area contributed by atoms with Gasteiger partial charge in [0.05, 0.1) is 0 Å². The molecule has 0 radical (unpaired) electrons. The third-order valence-corrected chi connectivity index (χ3v) is 0. The molecule has 0 fully saturated rings. The monoisotopic (exact) mass is 142 g/mol. The Labute approximate surface area is 58.9 Å². The van der Waals surface area contributed by atoms with E-state index in [-0.39, 0.29) is 38.1 Å². The van der Waals surface area contributed by atoms with Crippen molar-refractivity contribution in [2.24, 2.45) is 0 Å². The molecular formula is C3H10O3Ti. The first kappa shape index (κ1) is 49.1. The van der Waals surface area contributed by atoms with Crippen LogP contribution in [0.1, 0.15) is 13.8 Å². The van der Waals surface area contributed by atoms with E-state index in [0.29, 0.717) is 0 Å². The number of rotatable bonds is 0. The molecule has 0 saturated carbocycles. The Morgan fingerprint density at radius 3 is 0.857 bits per heavy atom. The molecule has 0 aliphatic rings. The molecule has 0 heterocycles. The first-order valence-corrected chi connectivity index (χ1v) is 1.15. The quantitative estimate of drug-likeness (QED) is 0.368. The summed E-state index contributed by atoms with van der Waals surface area (Å²) in [6.07, 6.45) is 2.00. The average Bonchev–Trinajstić information content (AvgIpc) is 0.918. The first-order valence-electron chi connectivity index (χ1n) is 1.15. The second-order valence-electron chi connectivity index (χ2n) is 0.577. The van der Waals surface area contributed by atoms with Crippen molar-refractivity contribution in [2.75, 3.05) is 0 Å². The van der Waals surface area contributed by atoms with Crippen LogP contribution in [0.2, 0.25) is 0 Å². The molecule has 0 unspecified atom stereocenters. The van der Waals surface area contributed by atoms with Crippen LogP contribution < -0.4 is 0 Å². The largest absolute Gasteiger partial charge is 4.00 e. The molecule has 0 amide bonds. The zero-order valence-electron chi connectivity index (χ0n) is 4.42. The van der Waals surface area contributed by atoms with Gasteiger partial charge in [-0.15, -0.1) is 0 Å². The van der Waals surface area contributed by atoms with E-state index in [1.807, 2.05) is 20.3 Å². The topological polar surface area (TPSA) is 90.0 Å². The van der Waals surface area contributed by atoms with Crippen LogP contribution in [0.4, 0.5) is 0 Å². The van der Waals surface area contributed by atoms with Crippen LogP contribution in [0, 0.1) is 6.42 Å². The summed E-state index contributed by atoms with van der Waals surface area (Å²) in [5.74, 6) is 0. The third kappa shape index (κ3) is 394. The van der Waals surface area contributed by atoms with Crippen LogP contribution in [0.15, 0.2) is 0 Å². The van der Waals surface area contributed by atoms with Gasteiger partial charge in [0.15, 0.2) is 0 Å². The fourth-order valence-electron chi connectivity index (χ4n) is 0. The normalized spacial score (nSPS) is 2.57. The molecule has 7 heavy (non-hydrogen) atoms. The van der Waals surface area contributed by atoms with Gasteiger partial charge < -0.3 is 22.8 Å². The van der Waals surface area contributed by atoms with Gasteiger partial charge in [-0.05, 0) is 0 Å². The molecule has 0 aromatic carbocycles. The minimum atomic E-state index is 0. The van der Waals surface area contributed by atoms with Crippen molar-refractivity contribution in [1.29, 1.82) is 0 Å². The first-order chi connectivity index (χ1) is 1.41. The van der Waals surface area contributed by atoms with Crippen molar-refractivity contribution in [3.8, 4) is 0 Å². The van der Waals surface area contributed by atoms with Crippen molar-refractivity contribution in [2.45, 2.75) is 13.8 Å². The average molecular weight is 142 g/mol. The van der Waals surface area contributed by atoms with Gasteiger partial charge in [0.1, 0.15) is 0 Å². The zero-order valence-corrected chi connectivity index (χ0v) is 5.98. The Hall–Kier alpha value is 0.594. The van der Waals surface area contributed by atoms with E-state index in [1.165, 1.54) is 0 Å². The Kier molecular flexibility index (Phi) is 569. The molecule has 0 aromatic heterocycles. The molecule has 3 N–H and O–H groups in total. The van der Waals surface area contributed by atoms with Crippen LogP contribution in [-0.4, -0.2) is 16.4 Å². The van der Waals surface area contributed by atoms with E-state index in [0.717, 1.165) is 0 Å². The Morgan fingerprint density at radius 1 is 0.857 bits per heavy atom. The van der Waals surface area contributed by atoms with Gasteiger partial charge >= 0.3 is 21.7 Å². The molecule has 0 saturated heterocycles. The van der Waals surface area contributed by atoms with Gasteiger partial charge in [-0.1, -0.05) is 0 Å². The van der Waals surface area contributed by atoms with Crippen molar-refractivity contribution in [1.82, 2.24) is 0 Å². The van der Waals surface area contributed by atoms with Crippen LogP contribution in [0.25, 0.3) is 0 Å². The molecule has 0 aliphatic carbocycles. The Balaban J connectivity index is -0.00000000333. The second-order valence-corrected chi connectivity index (χ2v) is 0.577. The fraction of sp³-hybridized carbons (Fsp3) is 0.667. The minimum Gasteiger partial charge on any atom is -0.870 e. The fourth-order valence-corrected chi connectivity index (χ4v) is 0. The van der Waals surface area contributed by atoms with E-state index in [9.17, 15) is 0 Å². The summed E-state index contributed by atoms with van der Waals surface area (Å²) in [6, 6.07) is 0. The van der Waals surface area contributed by atoms with Gasteiger partial charge in [-0.25, -0.2) is 0 Å². The molecular weight excluding hydrogens is 132 g/mol. The molecule has 0 bridgehead atoms. The standard InChI is InChI=1S/C3H7.3H2O.Ti/c1-3-2;;;;/h3H,1-2H3;3*1H2;/q-1;;;;+4/p-3. The van der Waals surface area contributed by atoms with Crippen molar-refractivity contribution < 1.29 is 38.1 Å². The van der Waals surface area contributed by atoms with Crippen LogP contribution >= 0.6 is 0 Å². The van der Waals surface area contributed by atoms with Gasteiger partial charge in [0, 0.05) is 0 Å². The van der Waals surface area contributed by atoms with E-state index in [4.69, 9.17) is 0 Å². The second kappa shape index (κ2) is 81.2.